The minimum absolute atomic E-state index is 0.103. The molecule has 0 saturated heterocycles. The van der Waals surface area contributed by atoms with Crippen LogP contribution in [0.3, 0.4) is 0 Å². The smallest absolute Gasteiger partial charge is 0.341 e. The van der Waals surface area contributed by atoms with Gasteiger partial charge in [0.05, 0.1) is 18.8 Å². The van der Waals surface area contributed by atoms with Gasteiger partial charge in [0.2, 0.25) is 0 Å². The molecule has 0 bridgehead atoms. The molecule has 5 heteroatoms. The second kappa shape index (κ2) is 7.99. The molecule has 0 radical (unpaired) electrons. The largest absolute Gasteiger partial charge is 0.462 e. The Hall–Kier alpha value is -2.43. The Kier molecular flexibility index (Phi) is 6.33. The SMILES string of the molecule is CCOC(=O)/C(=C/c1ccccc1C(=O)OCC)C(C)=O. The van der Waals surface area contributed by atoms with Crippen molar-refractivity contribution in [2.45, 2.75) is 20.8 Å². The molecule has 0 N–H and O–H groups in total. The van der Waals surface area contributed by atoms with Gasteiger partial charge in [-0.05, 0) is 38.5 Å². The van der Waals surface area contributed by atoms with E-state index >= 15 is 0 Å². The highest BCUT2D eigenvalue weighted by molar-refractivity contribution is 6.20. The summed E-state index contributed by atoms with van der Waals surface area (Å²) in [6.07, 6.45) is 1.35. The van der Waals surface area contributed by atoms with Gasteiger partial charge in [-0.3, -0.25) is 4.79 Å². The van der Waals surface area contributed by atoms with Gasteiger partial charge in [0, 0.05) is 0 Å². The van der Waals surface area contributed by atoms with Gasteiger partial charge in [-0.1, -0.05) is 18.2 Å². The lowest BCUT2D eigenvalue weighted by molar-refractivity contribution is -0.139. The number of rotatable bonds is 6. The van der Waals surface area contributed by atoms with Crippen molar-refractivity contribution in [2.24, 2.45) is 0 Å². The van der Waals surface area contributed by atoms with Gasteiger partial charge >= 0.3 is 11.9 Å². The van der Waals surface area contributed by atoms with Gasteiger partial charge in [0.25, 0.3) is 0 Å². The Balaban J connectivity index is 3.25. The van der Waals surface area contributed by atoms with Crippen LogP contribution in [0.5, 0.6) is 0 Å². The molecule has 0 fully saturated rings. The molecule has 0 heterocycles. The number of Topliss-reactive ketones (excluding diaryl/α,β-unsaturated/α-hetero) is 1. The first kappa shape index (κ1) is 16.6. The third-order valence-corrected chi connectivity index (χ3v) is 2.63. The fourth-order valence-electron chi connectivity index (χ4n) is 1.69. The first-order valence-electron chi connectivity index (χ1n) is 6.67. The summed E-state index contributed by atoms with van der Waals surface area (Å²) in [6.45, 7) is 5.05. The van der Waals surface area contributed by atoms with Gasteiger partial charge < -0.3 is 9.47 Å². The first-order valence-corrected chi connectivity index (χ1v) is 6.67. The molecule has 21 heavy (non-hydrogen) atoms. The summed E-state index contributed by atoms with van der Waals surface area (Å²) < 4.78 is 9.79. The van der Waals surface area contributed by atoms with E-state index in [1.54, 1.807) is 38.1 Å². The quantitative estimate of drug-likeness (QED) is 0.348. The number of carbonyl (C=O) groups excluding carboxylic acids is 3. The molecule has 1 aromatic rings. The normalized spacial score (nSPS) is 10.9. The van der Waals surface area contributed by atoms with Gasteiger partial charge in [-0.2, -0.15) is 0 Å². The highest BCUT2D eigenvalue weighted by Gasteiger charge is 2.18. The zero-order chi connectivity index (χ0) is 15.8. The summed E-state index contributed by atoms with van der Waals surface area (Å²) in [5, 5.41) is 0. The highest BCUT2D eigenvalue weighted by Crippen LogP contribution is 2.16. The molecule has 0 saturated carbocycles. The maximum absolute atomic E-state index is 11.9. The summed E-state index contributed by atoms with van der Waals surface area (Å²) in [5.41, 5.74) is 0.630. The molecule has 0 spiro atoms. The van der Waals surface area contributed by atoms with Gasteiger partial charge in [0.1, 0.15) is 5.57 Å². The minimum atomic E-state index is -0.705. The molecule has 0 aromatic heterocycles. The lowest BCUT2D eigenvalue weighted by atomic mass is 10.0. The number of ketones is 1. The van der Waals surface area contributed by atoms with Crippen LogP contribution >= 0.6 is 0 Å². The second-order valence-corrected chi connectivity index (χ2v) is 4.14. The molecule has 1 aromatic carbocycles. The van der Waals surface area contributed by atoms with E-state index < -0.39 is 17.7 Å². The van der Waals surface area contributed by atoms with Crippen LogP contribution in [0.4, 0.5) is 0 Å². The lowest BCUT2D eigenvalue weighted by Gasteiger charge is -2.07. The average Bonchev–Trinajstić information content (AvgIpc) is 2.45. The number of esters is 2. The Morgan fingerprint density at radius 2 is 1.67 bits per heavy atom. The summed E-state index contributed by atoms with van der Waals surface area (Å²) in [6, 6.07) is 6.60. The van der Waals surface area contributed by atoms with Crippen LogP contribution in [-0.4, -0.2) is 30.9 Å². The van der Waals surface area contributed by atoms with Crippen molar-refractivity contribution in [3.8, 4) is 0 Å². The van der Waals surface area contributed by atoms with E-state index in [4.69, 9.17) is 9.47 Å². The third-order valence-electron chi connectivity index (χ3n) is 2.63. The van der Waals surface area contributed by atoms with Crippen LogP contribution in [0.25, 0.3) is 6.08 Å². The Morgan fingerprint density at radius 3 is 2.24 bits per heavy atom. The molecule has 5 nitrogen and oxygen atoms in total. The summed E-state index contributed by atoms with van der Waals surface area (Å²) in [7, 11) is 0. The molecule has 1 rings (SSSR count). The van der Waals surface area contributed by atoms with Crippen LogP contribution in [0, 0.1) is 0 Å². The topological polar surface area (TPSA) is 69.7 Å². The van der Waals surface area contributed by atoms with Crippen molar-refractivity contribution in [1.29, 1.82) is 0 Å². The van der Waals surface area contributed by atoms with E-state index in [-0.39, 0.29) is 18.8 Å². The third kappa shape index (κ3) is 4.56. The number of ether oxygens (including phenoxy) is 2. The highest BCUT2D eigenvalue weighted by atomic mass is 16.5. The molecule has 112 valence electrons. The first-order chi connectivity index (χ1) is 10.0. The number of benzene rings is 1. The molecule has 0 aliphatic heterocycles. The minimum Gasteiger partial charge on any atom is -0.462 e. The number of hydrogen-bond acceptors (Lipinski definition) is 5. The predicted molar refractivity (Wildman–Crippen MR) is 77.7 cm³/mol. The van der Waals surface area contributed by atoms with Crippen molar-refractivity contribution >= 4 is 23.8 Å². The molecular weight excluding hydrogens is 272 g/mol. The van der Waals surface area contributed by atoms with E-state index in [0.717, 1.165) is 0 Å². The van der Waals surface area contributed by atoms with Gasteiger partial charge in [-0.25, -0.2) is 9.59 Å². The monoisotopic (exact) mass is 290 g/mol. The van der Waals surface area contributed by atoms with Crippen molar-refractivity contribution < 1.29 is 23.9 Å². The van der Waals surface area contributed by atoms with E-state index in [0.29, 0.717) is 11.1 Å². The summed E-state index contributed by atoms with van der Waals surface area (Å²) in [4.78, 5) is 35.2. The predicted octanol–water partition coefficient (Wildman–Crippen LogP) is 2.40. The van der Waals surface area contributed by atoms with Crippen LogP contribution in [0.1, 0.15) is 36.7 Å². The van der Waals surface area contributed by atoms with Gasteiger partial charge in [0.15, 0.2) is 5.78 Å². The standard InChI is InChI=1S/C16H18O5/c1-4-20-15(18)13-9-7-6-8-12(13)10-14(11(3)17)16(19)21-5-2/h6-10H,4-5H2,1-3H3/b14-10+. The van der Waals surface area contributed by atoms with Crippen molar-refractivity contribution in [3.05, 3.63) is 41.0 Å². The summed E-state index contributed by atoms with van der Waals surface area (Å²) in [5.74, 6) is -1.63. The Morgan fingerprint density at radius 1 is 1.05 bits per heavy atom. The fraction of sp³-hybridized carbons (Fsp3) is 0.312. The average molecular weight is 290 g/mol. The lowest BCUT2D eigenvalue weighted by Crippen LogP contribution is -2.14. The Bertz CT molecular complexity index is 572. The van der Waals surface area contributed by atoms with E-state index in [2.05, 4.69) is 0 Å². The molecule has 0 aliphatic rings. The zero-order valence-electron chi connectivity index (χ0n) is 12.3. The van der Waals surface area contributed by atoms with Crippen molar-refractivity contribution in [1.82, 2.24) is 0 Å². The molecule has 0 aliphatic carbocycles. The van der Waals surface area contributed by atoms with Crippen LogP contribution in [0.15, 0.2) is 29.8 Å². The number of hydrogen-bond donors (Lipinski definition) is 0. The van der Waals surface area contributed by atoms with E-state index in [1.165, 1.54) is 13.0 Å². The Labute approximate surface area is 123 Å². The summed E-state index contributed by atoms with van der Waals surface area (Å²) >= 11 is 0. The number of carbonyl (C=O) groups is 3. The van der Waals surface area contributed by atoms with Crippen molar-refractivity contribution in [2.75, 3.05) is 13.2 Å². The van der Waals surface area contributed by atoms with E-state index in [1.807, 2.05) is 0 Å². The molecule has 0 amide bonds. The maximum Gasteiger partial charge on any atom is 0.341 e. The second-order valence-electron chi connectivity index (χ2n) is 4.14. The zero-order valence-corrected chi connectivity index (χ0v) is 12.3. The molecule has 0 atom stereocenters. The van der Waals surface area contributed by atoms with Crippen LogP contribution in [0.2, 0.25) is 0 Å². The maximum atomic E-state index is 11.9. The molecular formula is C16H18O5. The van der Waals surface area contributed by atoms with E-state index in [9.17, 15) is 14.4 Å². The van der Waals surface area contributed by atoms with Crippen molar-refractivity contribution in [3.63, 3.8) is 0 Å². The van der Waals surface area contributed by atoms with Gasteiger partial charge in [-0.15, -0.1) is 0 Å². The van der Waals surface area contributed by atoms with Crippen LogP contribution in [-0.2, 0) is 19.1 Å². The molecule has 0 unspecified atom stereocenters. The van der Waals surface area contributed by atoms with Crippen LogP contribution < -0.4 is 0 Å². The fourth-order valence-corrected chi connectivity index (χ4v) is 1.69.